The molecule has 104 valence electrons. The second kappa shape index (κ2) is 5.12. The summed E-state index contributed by atoms with van der Waals surface area (Å²) >= 11 is 0. The fraction of sp³-hybridized carbons (Fsp3) is 0.375. The van der Waals surface area contributed by atoms with Crippen molar-refractivity contribution in [3.63, 3.8) is 0 Å². The second-order valence-electron chi connectivity index (χ2n) is 5.38. The lowest BCUT2D eigenvalue weighted by molar-refractivity contribution is -0.122. The molecule has 0 spiro atoms. The molecule has 20 heavy (non-hydrogen) atoms. The van der Waals surface area contributed by atoms with Gasteiger partial charge < -0.3 is 9.84 Å². The van der Waals surface area contributed by atoms with E-state index in [1.165, 1.54) is 5.56 Å². The monoisotopic (exact) mass is 270 g/mol. The molecule has 4 nitrogen and oxygen atoms in total. The van der Waals surface area contributed by atoms with Crippen LogP contribution in [0.4, 0.5) is 0 Å². The Morgan fingerprint density at radius 1 is 1.35 bits per heavy atom. The molecule has 0 saturated heterocycles. The maximum absolute atomic E-state index is 12.1. The Balaban J connectivity index is 1.57. The van der Waals surface area contributed by atoms with Gasteiger partial charge in [0, 0.05) is 18.0 Å². The van der Waals surface area contributed by atoms with Gasteiger partial charge in [-0.15, -0.1) is 0 Å². The van der Waals surface area contributed by atoms with Crippen LogP contribution in [0.1, 0.15) is 34.9 Å². The average molecular weight is 270 g/mol. The van der Waals surface area contributed by atoms with Gasteiger partial charge in [0.15, 0.2) is 0 Å². The quantitative estimate of drug-likeness (QED) is 0.929. The van der Waals surface area contributed by atoms with E-state index in [4.69, 9.17) is 4.52 Å². The van der Waals surface area contributed by atoms with Crippen molar-refractivity contribution in [1.82, 2.24) is 10.5 Å². The Kier molecular flexibility index (Phi) is 3.30. The number of nitrogens with one attached hydrogen (secondary N) is 1. The molecule has 2 atom stereocenters. The summed E-state index contributed by atoms with van der Waals surface area (Å²) in [6.07, 6.45) is 0.942. The third-order valence-electron chi connectivity index (χ3n) is 3.98. The zero-order chi connectivity index (χ0) is 14.1. The van der Waals surface area contributed by atoms with Crippen molar-refractivity contribution in [3.05, 3.63) is 52.9 Å². The molecule has 0 unspecified atom stereocenters. The van der Waals surface area contributed by atoms with Gasteiger partial charge in [-0.2, -0.15) is 0 Å². The van der Waals surface area contributed by atoms with E-state index in [9.17, 15) is 4.79 Å². The molecule has 3 rings (SSSR count). The van der Waals surface area contributed by atoms with Crippen molar-refractivity contribution in [2.75, 3.05) is 0 Å². The Morgan fingerprint density at radius 2 is 2.10 bits per heavy atom. The molecule has 1 saturated carbocycles. The van der Waals surface area contributed by atoms with Gasteiger partial charge in [-0.25, -0.2) is 0 Å². The molecule has 1 aromatic heterocycles. The zero-order valence-electron chi connectivity index (χ0n) is 11.7. The van der Waals surface area contributed by atoms with Crippen LogP contribution in [-0.4, -0.2) is 11.1 Å². The molecular formula is C16H18N2O2. The minimum Gasteiger partial charge on any atom is -0.361 e. The number of hydrogen-bond donors (Lipinski definition) is 1. The Hall–Kier alpha value is -2.10. The normalized spacial score (nSPS) is 20.7. The first-order valence-electron chi connectivity index (χ1n) is 6.91. The van der Waals surface area contributed by atoms with E-state index >= 15 is 0 Å². The van der Waals surface area contributed by atoms with Crippen molar-refractivity contribution in [3.8, 4) is 0 Å². The van der Waals surface area contributed by atoms with E-state index in [-0.39, 0.29) is 11.8 Å². The van der Waals surface area contributed by atoms with Crippen molar-refractivity contribution in [1.29, 1.82) is 0 Å². The van der Waals surface area contributed by atoms with Crippen molar-refractivity contribution in [2.24, 2.45) is 5.92 Å². The van der Waals surface area contributed by atoms with Crippen LogP contribution < -0.4 is 5.32 Å². The largest absolute Gasteiger partial charge is 0.361 e. The van der Waals surface area contributed by atoms with Crippen LogP contribution in [0.25, 0.3) is 0 Å². The molecular weight excluding hydrogens is 252 g/mol. The summed E-state index contributed by atoms with van der Waals surface area (Å²) in [4.78, 5) is 12.1. The van der Waals surface area contributed by atoms with Gasteiger partial charge in [0.25, 0.3) is 0 Å². The number of rotatable bonds is 4. The lowest BCUT2D eigenvalue weighted by atomic mass is 10.1. The summed E-state index contributed by atoms with van der Waals surface area (Å²) in [5.74, 6) is 1.39. The van der Waals surface area contributed by atoms with Crippen LogP contribution in [0, 0.1) is 19.8 Å². The maximum atomic E-state index is 12.1. The first kappa shape index (κ1) is 12.9. The predicted molar refractivity (Wildman–Crippen MR) is 75.1 cm³/mol. The molecule has 1 N–H and O–H groups in total. The highest BCUT2D eigenvalue weighted by Gasteiger charge is 2.43. The van der Waals surface area contributed by atoms with Gasteiger partial charge >= 0.3 is 0 Å². The van der Waals surface area contributed by atoms with Crippen LogP contribution in [0.15, 0.2) is 34.9 Å². The summed E-state index contributed by atoms with van der Waals surface area (Å²) in [6, 6.07) is 10.2. The summed E-state index contributed by atoms with van der Waals surface area (Å²) in [5.41, 5.74) is 3.08. The van der Waals surface area contributed by atoms with E-state index in [0.717, 1.165) is 23.4 Å². The minimum absolute atomic E-state index is 0.109. The Labute approximate surface area is 118 Å². The van der Waals surface area contributed by atoms with Crippen molar-refractivity contribution in [2.45, 2.75) is 32.7 Å². The van der Waals surface area contributed by atoms with Crippen LogP contribution in [0.5, 0.6) is 0 Å². The van der Waals surface area contributed by atoms with E-state index in [0.29, 0.717) is 12.5 Å². The van der Waals surface area contributed by atoms with E-state index in [1.54, 1.807) is 0 Å². The highest BCUT2D eigenvalue weighted by Crippen LogP contribution is 2.47. The molecule has 0 bridgehead atoms. The highest BCUT2D eigenvalue weighted by molar-refractivity contribution is 5.82. The summed E-state index contributed by atoms with van der Waals surface area (Å²) in [6.45, 7) is 4.26. The van der Waals surface area contributed by atoms with E-state index in [2.05, 4.69) is 22.6 Å². The van der Waals surface area contributed by atoms with Crippen LogP contribution in [0.3, 0.4) is 0 Å². The van der Waals surface area contributed by atoms with E-state index < -0.39 is 0 Å². The van der Waals surface area contributed by atoms with Crippen LogP contribution in [-0.2, 0) is 11.3 Å². The molecule has 1 fully saturated rings. The number of carbonyl (C=O) groups is 1. The summed E-state index contributed by atoms with van der Waals surface area (Å²) < 4.78 is 5.09. The fourth-order valence-electron chi connectivity index (χ4n) is 2.61. The molecule has 1 amide bonds. The number of nitrogens with zero attached hydrogens (tertiary/aromatic N) is 1. The first-order chi connectivity index (χ1) is 9.66. The van der Waals surface area contributed by atoms with E-state index in [1.807, 2.05) is 32.0 Å². The fourth-order valence-corrected chi connectivity index (χ4v) is 2.61. The van der Waals surface area contributed by atoms with Gasteiger partial charge in [-0.3, -0.25) is 4.79 Å². The van der Waals surface area contributed by atoms with Gasteiger partial charge in [0.05, 0.1) is 5.69 Å². The van der Waals surface area contributed by atoms with Crippen molar-refractivity contribution >= 4 is 5.91 Å². The number of aryl methyl sites for hydroxylation is 2. The topological polar surface area (TPSA) is 55.1 Å². The molecule has 1 aliphatic carbocycles. The van der Waals surface area contributed by atoms with Gasteiger partial charge in [-0.1, -0.05) is 35.5 Å². The van der Waals surface area contributed by atoms with Gasteiger partial charge in [0.2, 0.25) is 5.91 Å². The predicted octanol–water partition coefficient (Wildman–Crippen LogP) is 2.71. The molecule has 1 aliphatic rings. The van der Waals surface area contributed by atoms with Gasteiger partial charge in [-0.05, 0) is 31.7 Å². The lowest BCUT2D eigenvalue weighted by Crippen LogP contribution is -2.25. The zero-order valence-corrected chi connectivity index (χ0v) is 11.7. The van der Waals surface area contributed by atoms with Crippen molar-refractivity contribution < 1.29 is 9.32 Å². The molecule has 1 heterocycles. The van der Waals surface area contributed by atoms with Gasteiger partial charge in [0.1, 0.15) is 5.76 Å². The minimum atomic E-state index is 0.109. The third kappa shape index (κ3) is 2.46. The number of carbonyl (C=O) groups excluding carboxylic acids is 1. The Morgan fingerprint density at radius 3 is 2.75 bits per heavy atom. The summed E-state index contributed by atoms with van der Waals surface area (Å²) in [7, 11) is 0. The third-order valence-corrected chi connectivity index (χ3v) is 3.98. The standard InChI is InChI=1S/C16H18N2O2/c1-10-15(11(2)20-18-10)9-17-16(19)14-8-13(14)12-6-4-3-5-7-12/h3-7,13-14H,8-9H2,1-2H3,(H,17,19)/t13-,14-/m1/s1. The molecule has 1 aromatic carbocycles. The SMILES string of the molecule is Cc1noc(C)c1CNC(=O)[C@@H]1C[C@@H]1c1ccccc1. The molecule has 0 aliphatic heterocycles. The number of aromatic nitrogens is 1. The van der Waals surface area contributed by atoms with Crippen LogP contribution in [0.2, 0.25) is 0 Å². The molecule has 0 radical (unpaired) electrons. The summed E-state index contributed by atoms with van der Waals surface area (Å²) in [5, 5.41) is 6.88. The van der Waals surface area contributed by atoms with Crippen LogP contribution >= 0.6 is 0 Å². The molecule has 4 heteroatoms. The highest BCUT2D eigenvalue weighted by atomic mass is 16.5. The Bertz CT molecular complexity index is 599. The number of hydrogen-bond acceptors (Lipinski definition) is 3. The number of benzene rings is 1. The number of amides is 1. The smallest absolute Gasteiger partial charge is 0.224 e. The first-order valence-corrected chi connectivity index (χ1v) is 6.91. The second-order valence-corrected chi connectivity index (χ2v) is 5.38. The molecule has 2 aromatic rings. The maximum Gasteiger partial charge on any atom is 0.224 e. The lowest BCUT2D eigenvalue weighted by Gasteiger charge is -2.04. The average Bonchev–Trinajstić information content (AvgIpc) is 3.20.